The van der Waals surface area contributed by atoms with E-state index >= 15 is 0 Å². The fourth-order valence-corrected chi connectivity index (χ4v) is 10.3. The first kappa shape index (κ1) is 44.9. The van der Waals surface area contributed by atoms with Crippen LogP contribution in [-0.4, -0.2) is 72.3 Å². The summed E-state index contributed by atoms with van der Waals surface area (Å²) in [4.78, 5) is 27.1. The van der Waals surface area contributed by atoms with Gasteiger partial charge in [-0.05, 0) is 168 Å². The zero-order valence-electron chi connectivity index (χ0n) is 38.5. The molecule has 61 heavy (non-hydrogen) atoms. The van der Waals surface area contributed by atoms with Crippen LogP contribution in [0.3, 0.4) is 0 Å². The summed E-state index contributed by atoms with van der Waals surface area (Å²) >= 11 is 0. The Kier molecular flexibility index (Phi) is 13.8. The maximum atomic E-state index is 11.6. The van der Waals surface area contributed by atoms with Crippen LogP contribution in [0, 0.1) is 48.3 Å². The number of hydrogen-bond acceptors (Lipinski definition) is 7. The zero-order chi connectivity index (χ0) is 43.6. The average Bonchev–Trinajstić information content (AvgIpc) is 3.17. The minimum atomic E-state index is -0.681. The minimum absolute atomic E-state index is 0.0327. The fourth-order valence-electron chi connectivity index (χ4n) is 10.3. The summed E-state index contributed by atoms with van der Waals surface area (Å²) in [7, 11) is 1.46. The standard InChI is InChI=1S/C27H37NO3.C26H35NO3/c1-18-12-24(31-23-10-8-22(9-11-23)27(2,3)4)14-20-7-6-19(13-25(18)20)15-28-16-21(17-28)26(29)30-5;1-17-11-23(30-22-9-7-21(8-10-22)26(2,3)4)13-19-6-5-18(12-24(17)19)14-27-15-20(16-27)25(28)29/h6-7,12-14,21-23H,8-11,15-17H2,1-5H3;5-6,11-13,20-22H,7-10,14-16H2,1-4H3,(H,28,29). The lowest BCUT2D eigenvalue weighted by Gasteiger charge is -2.37. The number of esters is 1. The first-order chi connectivity index (χ1) is 28.9. The summed E-state index contributed by atoms with van der Waals surface area (Å²) in [6, 6.07) is 22.0. The van der Waals surface area contributed by atoms with Crippen molar-refractivity contribution in [2.45, 2.75) is 132 Å². The number of methoxy groups -OCH3 is 1. The number of hydrogen-bond donors (Lipinski definition) is 1. The molecule has 0 radical (unpaired) electrons. The largest absolute Gasteiger partial charge is 0.490 e. The van der Waals surface area contributed by atoms with Crippen LogP contribution in [0.15, 0.2) is 60.7 Å². The van der Waals surface area contributed by atoms with E-state index in [2.05, 4.69) is 126 Å². The molecule has 8 rings (SSSR count). The van der Waals surface area contributed by atoms with Crippen molar-refractivity contribution in [1.82, 2.24) is 9.80 Å². The Morgan fingerprint density at radius 3 is 1.34 bits per heavy atom. The predicted molar refractivity (Wildman–Crippen MR) is 246 cm³/mol. The van der Waals surface area contributed by atoms with E-state index in [1.807, 2.05) is 0 Å². The van der Waals surface area contributed by atoms with Crippen molar-refractivity contribution in [2.75, 3.05) is 33.3 Å². The highest BCUT2D eigenvalue weighted by atomic mass is 16.5. The number of carbonyl (C=O) groups is 2. The second-order valence-corrected chi connectivity index (χ2v) is 21.1. The van der Waals surface area contributed by atoms with Crippen molar-refractivity contribution in [3.63, 3.8) is 0 Å². The quantitative estimate of drug-likeness (QED) is 0.158. The Bertz CT molecular complexity index is 2160. The molecule has 8 nitrogen and oxygen atoms in total. The molecular formula is C53H72N2O6. The van der Waals surface area contributed by atoms with Gasteiger partial charge in [-0.2, -0.15) is 0 Å². The average molecular weight is 833 g/mol. The van der Waals surface area contributed by atoms with Crippen molar-refractivity contribution in [2.24, 2.45) is 34.5 Å². The van der Waals surface area contributed by atoms with Gasteiger partial charge in [-0.1, -0.05) is 65.8 Å². The third-order valence-electron chi connectivity index (χ3n) is 14.4. The molecule has 0 amide bonds. The van der Waals surface area contributed by atoms with E-state index in [1.54, 1.807) is 0 Å². The Labute approximate surface area is 365 Å². The van der Waals surface area contributed by atoms with Gasteiger partial charge in [-0.15, -0.1) is 0 Å². The third kappa shape index (κ3) is 11.3. The molecule has 0 atom stereocenters. The highest BCUT2D eigenvalue weighted by Gasteiger charge is 2.35. The third-order valence-corrected chi connectivity index (χ3v) is 14.4. The molecule has 0 unspecified atom stereocenters. The van der Waals surface area contributed by atoms with Gasteiger partial charge in [-0.3, -0.25) is 19.4 Å². The lowest BCUT2D eigenvalue weighted by molar-refractivity contribution is -0.151. The van der Waals surface area contributed by atoms with Crippen molar-refractivity contribution in [3.8, 4) is 11.5 Å². The highest BCUT2D eigenvalue weighted by molar-refractivity contribution is 5.88. The number of aryl methyl sites for hydroxylation is 2. The monoisotopic (exact) mass is 833 g/mol. The number of aliphatic carboxylic acids is 1. The smallest absolute Gasteiger partial charge is 0.311 e. The lowest BCUT2D eigenvalue weighted by Crippen LogP contribution is -2.49. The number of ether oxygens (including phenoxy) is 3. The van der Waals surface area contributed by atoms with Crippen LogP contribution in [0.1, 0.15) is 115 Å². The van der Waals surface area contributed by atoms with Gasteiger partial charge in [0.05, 0.1) is 31.2 Å². The molecule has 2 aliphatic heterocycles. The maximum absolute atomic E-state index is 11.6. The van der Waals surface area contributed by atoms with E-state index in [0.29, 0.717) is 36.1 Å². The van der Waals surface area contributed by atoms with E-state index in [-0.39, 0.29) is 17.8 Å². The van der Waals surface area contributed by atoms with Crippen LogP contribution in [0.25, 0.3) is 21.5 Å². The molecule has 2 saturated heterocycles. The number of nitrogens with zero attached hydrogens (tertiary/aromatic N) is 2. The van der Waals surface area contributed by atoms with E-state index in [0.717, 1.165) is 75.2 Å². The van der Waals surface area contributed by atoms with Crippen LogP contribution in [0.5, 0.6) is 11.5 Å². The molecule has 4 aromatic rings. The molecule has 1 N–H and O–H groups in total. The fraction of sp³-hybridized carbons (Fsp3) is 0.585. The number of likely N-dealkylation sites (tertiary alicyclic amines) is 2. The number of rotatable bonds is 10. The molecule has 4 aliphatic rings. The summed E-state index contributed by atoms with van der Waals surface area (Å²) in [5.74, 6) is 2.64. The van der Waals surface area contributed by atoms with Crippen LogP contribution < -0.4 is 9.47 Å². The number of benzene rings is 4. The summed E-state index contributed by atoms with van der Waals surface area (Å²) in [6.45, 7) is 23.0. The molecular weight excluding hydrogens is 761 g/mol. The van der Waals surface area contributed by atoms with E-state index in [4.69, 9.17) is 19.3 Å². The first-order valence-electron chi connectivity index (χ1n) is 23.1. The summed E-state index contributed by atoms with van der Waals surface area (Å²) < 4.78 is 17.7. The molecule has 0 spiro atoms. The van der Waals surface area contributed by atoms with Crippen molar-refractivity contribution >= 4 is 33.5 Å². The Hall–Kier alpha value is -4.14. The lowest BCUT2D eigenvalue weighted by atomic mass is 9.72. The van der Waals surface area contributed by atoms with E-state index in [1.165, 1.54) is 76.6 Å². The summed E-state index contributed by atoms with van der Waals surface area (Å²) in [6.07, 6.45) is 10.3. The topological polar surface area (TPSA) is 88.5 Å². The normalized spacial score (nSPS) is 23.1. The van der Waals surface area contributed by atoms with Crippen molar-refractivity contribution in [3.05, 3.63) is 82.9 Å². The van der Waals surface area contributed by atoms with Gasteiger partial charge in [0.1, 0.15) is 11.5 Å². The van der Waals surface area contributed by atoms with Gasteiger partial charge >= 0.3 is 11.9 Å². The molecule has 0 bridgehead atoms. The van der Waals surface area contributed by atoms with Gasteiger partial charge in [0.15, 0.2) is 0 Å². The molecule has 4 aromatic carbocycles. The second kappa shape index (κ2) is 18.7. The Morgan fingerprint density at radius 1 is 0.590 bits per heavy atom. The van der Waals surface area contributed by atoms with Crippen LogP contribution in [0.4, 0.5) is 0 Å². The molecule has 2 aliphatic carbocycles. The molecule has 2 heterocycles. The number of fused-ring (bicyclic) bond motifs is 2. The molecule has 330 valence electrons. The number of carboxylic acid groups (broad SMARTS) is 1. The first-order valence-corrected chi connectivity index (χ1v) is 23.1. The summed E-state index contributed by atoms with van der Waals surface area (Å²) in [5.41, 5.74) is 5.82. The highest BCUT2D eigenvalue weighted by Crippen LogP contribution is 2.41. The maximum Gasteiger partial charge on any atom is 0.311 e. The number of carbonyl (C=O) groups excluding carboxylic acids is 1. The van der Waals surface area contributed by atoms with E-state index in [9.17, 15) is 9.59 Å². The minimum Gasteiger partial charge on any atom is -0.490 e. The molecule has 2 saturated carbocycles. The van der Waals surface area contributed by atoms with Gasteiger partial charge in [0.2, 0.25) is 0 Å². The Morgan fingerprint density at radius 2 is 0.984 bits per heavy atom. The van der Waals surface area contributed by atoms with Gasteiger partial charge in [-0.25, -0.2) is 0 Å². The van der Waals surface area contributed by atoms with Crippen LogP contribution in [-0.2, 0) is 27.4 Å². The molecule has 8 heteroatoms. The SMILES string of the molecule is COC(=O)C1CN(Cc2ccc3cc(OC4CCC(C(C)(C)C)CC4)cc(C)c3c2)C1.Cc1cc(OC2CCC(C(C)(C)C)CC2)cc2ccc(CN3CC(C(=O)O)C3)cc12. The second-order valence-electron chi connectivity index (χ2n) is 21.1. The predicted octanol–water partition coefficient (Wildman–Crippen LogP) is 11.4. The van der Waals surface area contributed by atoms with Gasteiger partial charge in [0.25, 0.3) is 0 Å². The van der Waals surface area contributed by atoms with Crippen LogP contribution in [0.2, 0.25) is 0 Å². The van der Waals surface area contributed by atoms with Crippen LogP contribution >= 0.6 is 0 Å². The summed E-state index contributed by atoms with van der Waals surface area (Å²) in [5, 5.41) is 14.0. The number of carboxylic acids is 1. The van der Waals surface area contributed by atoms with Gasteiger partial charge in [0, 0.05) is 39.3 Å². The Balaban J connectivity index is 0.000000184. The van der Waals surface area contributed by atoms with Crippen molar-refractivity contribution in [1.29, 1.82) is 0 Å². The zero-order valence-corrected chi connectivity index (χ0v) is 38.5. The van der Waals surface area contributed by atoms with E-state index < -0.39 is 5.97 Å². The molecule has 0 aromatic heterocycles. The van der Waals surface area contributed by atoms with Gasteiger partial charge < -0.3 is 19.3 Å². The van der Waals surface area contributed by atoms with Crippen molar-refractivity contribution < 1.29 is 28.9 Å². The molecule has 4 fully saturated rings.